The van der Waals surface area contributed by atoms with Gasteiger partial charge in [0.05, 0.1) is 13.8 Å². The third-order valence-corrected chi connectivity index (χ3v) is 2.06. The van der Waals surface area contributed by atoms with E-state index >= 15 is 0 Å². The molecule has 14 heavy (non-hydrogen) atoms. The Hall–Kier alpha value is -1.26. The largest absolute Gasteiger partial charge is 0.496 e. The average molecular weight is 195 g/mol. The van der Waals surface area contributed by atoms with Gasteiger partial charge in [0.1, 0.15) is 5.75 Å². The second-order valence-electron chi connectivity index (χ2n) is 3.20. The van der Waals surface area contributed by atoms with Crippen molar-refractivity contribution in [3.63, 3.8) is 0 Å². The Kier molecular flexibility index (Phi) is 3.73. The summed E-state index contributed by atoms with van der Waals surface area (Å²) in [6.45, 7) is 4.59. The topological polar surface area (TPSA) is 59.3 Å². The first-order chi connectivity index (χ1) is 6.69. The van der Waals surface area contributed by atoms with Crippen molar-refractivity contribution in [2.45, 2.75) is 13.8 Å². The summed E-state index contributed by atoms with van der Waals surface area (Å²) in [5.41, 5.74) is 5.82. The molecule has 1 aromatic rings. The van der Waals surface area contributed by atoms with Gasteiger partial charge in [-0.1, -0.05) is 0 Å². The molecule has 0 heterocycles. The molecule has 0 aliphatic carbocycles. The summed E-state index contributed by atoms with van der Waals surface area (Å²) in [6.07, 6.45) is 0. The van der Waals surface area contributed by atoms with E-state index in [0.717, 1.165) is 22.6 Å². The Labute approximate surface area is 84.4 Å². The van der Waals surface area contributed by atoms with E-state index in [1.165, 1.54) is 0 Å². The molecule has 0 fully saturated rings. The zero-order chi connectivity index (χ0) is 10.6. The molecule has 0 aliphatic heterocycles. The molecular formula is C10H17N3O. The van der Waals surface area contributed by atoms with Crippen molar-refractivity contribution in [1.82, 2.24) is 5.43 Å². The molecular weight excluding hydrogens is 178 g/mol. The molecule has 1 rings (SSSR count). The summed E-state index contributed by atoms with van der Waals surface area (Å²) in [5, 5.41) is 3.14. The Bertz CT molecular complexity index is 289. The minimum atomic E-state index is 0.547. The van der Waals surface area contributed by atoms with Crippen LogP contribution in [0.2, 0.25) is 0 Å². The van der Waals surface area contributed by atoms with Crippen molar-refractivity contribution < 1.29 is 4.74 Å². The molecule has 0 unspecified atom stereocenters. The van der Waals surface area contributed by atoms with Gasteiger partial charge in [-0.3, -0.25) is 5.84 Å². The highest BCUT2D eigenvalue weighted by Crippen LogP contribution is 2.26. The number of nitrogens with two attached hydrogens (primary N) is 1. The molecule has 4 heteroatoms. The molecule has 4 nitrogen and oxygen atoms in total. The van der Waals surface area contributed by atoms with Gasteiger partial charge >= 0.3 is 0 Å². The van der Waals surface area contributed by atoms with Gasteiger partial charge in [-0.05, 0) is 37.1 Å². The fourth-order valence-electron chi connectivity index (χ4n) is 1.53. The van der Waals surface area contributed by atoms with Crippen LogP contribution in [0.4, 0.5) is 5.69 Å². The van der Waals surface area contributed by atoms with Crippen molar-refractivity contribution in [2.75, 3.05) is 19.1 Å². The Morgan fingerprint density at radius 1 is 1.29 bits per heavy atom. The molecule has 0 atom stereocenters. The van der Waals surface area contributed by atoms with E-state index in [0.29, 0.717) is 6.67 Å². The second kappa shape index (κ2) is 4.83. The minimum absolute atomic E-state index is 0.547. The molecule has 0 aliphatic rings. The lowest BCUT2D eigenvalue weighted by Gasteiger charge is -2.12. The highest BCUT2D eigenvalue weighted by atomic mass is 16.5. The maximum absolute atomic E-state index is 5.27. The summed E-state index contributed by atoms with van der Waals surface area (Å²) in [4.78, 5) is 0. The molecule has 0 saturated carbocycles. The predicted molar refractivity (Wildman–Crippen MR) is 58.3 cm³/mol. The van der Waals surface area contributed by atoms with Crippen LogP contribution in [0.25, 0.3) is 0 Å². The monoisotopic (exact) mass is 195 g/mol. The maximum Gasteiger partial charge on any atom is 0.124 e. The molecule has 0 amide bonds. The lowest BCUT2D eigenvalue weighted by Crippen LogP contribution is -2.28. The summed E-state index contributed by atoms with van der Waals surface area (Å²) < 4.78 is 5.27. The van der Waals surface area contributed by atoms with E-state index in [2.05, 4.69) is 10.7 Å². The highest BCUT2D eigenvalue weighted by Gasteiger charge is 2.04. The fourth-order valence-corrected chi connectivity index (χ4v) is 1.53. The summed E-state index contributed by atoms with van der Waals surface area (Å²) in [6, 6.07) is 4.06. The molecule has 1 aromatic carbocycles. The molecule has 0 bridgehead atoms. The number of nitrogens with one attached hydrogen (secondary N) is 2. The zero-order valence-corrected chi connectivity index (χ0v) is 8.85. The number of aryl methyl sites for hydroxylation is 2. The maximum atomic E-state index is 5.27. The third-order valence-electron chi connectivity index (χ3n) is 2.06. The van der Waals surface area contributed by atoms with E-state index in [9.17, 15) is 0 Å². The van der Waals surface area contributed by atoms with Crippen LogP contribution in [0, 0.1) is 13.8 Å². The number of hydrogen-bond acceptors (Lipinski definition) is 4. The number of hydrogen-bond donors (Lipinski definition) is 3. The van der Waals surface area contributed by atoms with Gasteiger partial charge < -0.3 is 10.1 Å². The van der Waals surface area contributed by atoms with Gasteiger partial charge in [0.15, 0.2) is 0 Å². The quantitative estimate of drug-likeness (QED) is 0.383. The smallest absolute Gasteiger partial charge is 0.124 e. The van der Waals surface area contributed by atoms with Crippen LogP contribution in [0.3, 0.4) is 0 Å². The zero-order valence-electron chi connectivity index (χ0n) is 8.85. The first-order valence-electron chi connectivity index (χ1n) is 4.51. The number of anilines is 1. The van der Waals surface area contributed by atoms with Crippen LogP contribution in [-0.4, -0.2) is 13.8 Å². The molecule has 0 saturated heterocycles. The third kappa shape index (κ3) is 2.37. The van der Waals surface area contributed by atoms with Gasteiger partial charge in [-0.25, -0.2) is 5.43 Å². The lowest BCUT2D eigenvalue weighted by atomic mass is 10.1. The molecule has 0 aromatic heterocycles. The summed E-state index contributed by atoms with van der Waals surface area (Å²) >= 11 is 0. The minimum Gasteiger partial charge on any atom is -0.496 e. The Morgan fingerprint density at radius 3 is 2.29 bits per heavy atom. The summed E-state index contributed by atoms with van der Waals surface area (Å²) in [5.74, 6) is 6.11. The van der Waals surface area contributed by atoms with Gasteiger partial charge in [0.25, 0.3) is 0 Å². The predicted octanol–water partition coefficient (Wildman–Crippen LogP) is 1.14. The van der Waals surface area contributed by atoms with Crippen LogP contribution in [-0.2, 0) is 0 Å². The lowest BCUT2D eigenvalue weighted by molar-refractivity contribution is 0.408. The van der Waals surface area contributed by atoms with Crippen LogP contribution >= 0.6 is 0 Å². The average Bonchev–Trinajstić information content (AvgIpc) is 2.14. The van der Waals surface area contributed by atoms with Crippen molar-refractivity contribution >= 4 is 5.69 Å². The number of ether oxygens (including phenoxy) is 1. The number of methoxy groups -OCH3 is 1. The standard InChI is InChI=1S/C10H17N3O/c1-7-4-9(12-6-13-11)5-8(2)10(7)14-3/h4-5,12-13H,6,11H2,1-3H3. The molecule has 78 valence electrons. The first kappa shape index (κ1) is 10.8. The van der Waals surface area contributed by atoms with E-state index in [1.54, 1.807) is 7.11 Å². The van der Waals surface area contributed by atoms with Gasteiger partial charge in [0, 0.05) is 5.69 Å². The van der Waals surface area contributed by atoms with E-state index < -0.39 is 0 Å². The second-order valence-corrected chi connectivity index (χ2v) is 3.20. The van der Waals surface area contributed by atoms with Crippen molar-refractivity contribution in [2.24, 2.45) is 5.84 Å². The van der Waals surface area contributed by atoms with E-state index in [4.69, 9.17) is 10.6 Å². The molecule has 0 spiro atoms. The van der Waals surface area contributed by atoms with Crippen LogP contribution in [0.15, 0.2) is 12.1 Å². The van der Waals surface area contributed by atoms with Crippen LogP contribution < -0.4 is 21.3 Å². The fraction of sp³-hybridized carbons (Fsp3) is 0.400. The number of rotatable bonds is 4. The molecule has 0 radical (unpaired) electrons. The van der Waals surface area contributed by atoms with Gasteiger partial charge in [0.2, 0.25) is 0 Å². The van der Waals surface area contributed by atoms with E-state index in [1.807, 2.05) is 26.0 Å². The molecule has 4 N–H and O–H groups in total. The number of benzene rings is 1. The SMILES string of the molecule is COc1c(C)cc(NCNN)cc1C. The first-order valence-corrected chi connectivity index (χ1v) is 4.51. The van der Waals surface area contributed by atoms with Gasteiger partial charge in [-0.15, -0.1) is 0 Å². The van der Waals surface area contributed by atoms with Crippen molar-refractivity contribution in [1.29, 1.82) is 0 Å². The van der Waals surface area contributed by atoms with Crippen molar-refractivity contribution in [3.05, 3.63) is 23.3 Å². The highest BCUT2D eigenvalue weighted by molar-refractivity contribution is 5.54. The van der Waals surface area contributed by atoms with Crippen LogP contribution in [0.1, 0.15) is 11.1 Å². The Balaban J connectivity index is 2.90. The van der Waals surface area contributed by atoms with Crippen LogP contribution in [0.5, 0.6) is 5.75 Å². The van der Waals surface area contributed by atoms with Crippen molar-refractivity contribution in [3.8, 4) is 5.75 Å². The van der Waals surface area contributed by atoms with Gasteiger partial charge in [-0.2, -0.15) is 0 Å². The Morgan fingerprint density at radius 2 is 1.86 bits per heavy atom. The van der Waals surface area contributed by atoms with E-state index in [-0.39, 0.29) is 0 Å². The normalized spacial score (nSPS) is 10.0. The number of hydrazine groups is 1. The summed E-state index contributed by atoms with van der Waals surface area (Å²) in [7, 11) is 1.68.